The fourth-order valence-electron chi connectivity index (χ4n) is 1.31. The maximum atomic E-state index is 13.1. The van der Waals surface area contributed by atoms with E-state index >= 15 is 0 Å². The van der Waals surface area contributed by atoms with Gasteiger partial charge < -0.3 is 5.32 Å². The minimum absolute atomic E-state index is 0.0833. The standard InChI is InChI=1S/C9H8F2N2O2/c10-5-3-7(11)9(13(14)15)8(4-5)12-6-1-2-6/h3-4,6,12H,1-2H2. The number of nitrogens with zero attached hydrogens (tertiary/aromatic N) is 1. The highest BCUT2D eigenvalue weighted by Gasteiger charge is 2.27. The first-order valence-corrected chi connectivity index (χ1v) is 4.48. The van der Waals surface area contributed by atoms with E-state index in [1.807, 2.05) is 0 Å². The Morgan fingerprint density at radius 2 is 2.07 bits per heavy atom. The molecule has 4 nitrogen and oxygen atoms in total. The molecule has 1 aliphatic rings. The second kappa shape index (κ2) is 3.45. The molecule has 0 amide bonds. The SMILES string of the molecule is O=[N+]([O-])c1c(F)cc(F)cc1NC1CC1. The van der Waals surface area contributed by atoms with Crippen LogP contribution in [0, 0.1) is 21.7 Å². The van der Waals surface area contributed by atoms with Crippen molar-refractivity contribution in [1.82, 2.24) is 0 Å². The summed E-state index contributed by atoms with van der Waals surface area (Å²) < 4.78 is 26.0. The minimum Gasteiger partial charge on any atom is -0.377 e. The van der Waals surface area contributed by atoms with Gasteiger partial charge in [-0.3, -0.25) is 10.1 Å². The summed E-state index contributed by atoms with van der Waals surface area (Å²) in [5.74, 6) is -1.97. The molecule has 0 aromatic heterocycles. The quantitative estimate of drug-likeness (QED) is 0.621. The van der Waals surface area contributed by atoms with Crippen LogP contribution in [-0.4, -0.2) is 11.0 Å². The first kappa shape index (κ1) is 9.82. The predicted octanol–water partition coefficient (Wildman–Crippen LogP) is 2.45. The lowest BCUT2D eigenvalue weighted by Crippen LogP contribution is -2.06. The van der Waals surface area contributed by atoms with Crippen molar-refractivity contribution in [3.8, 4) is 0 Å². The minimum atomic E-state index is -1.15. The number of halogens is 2. The van der Waals surface area contributed by atoms with Gasteiger partial charge in [-0.05, 0) is 12.8 Å². The van der Waals surface area contributed by atoms with Crippen LogP contribution in [0.4, 0.5) is 20.2 Å². The van der Waals surface area contributed by atoms with E-state index in [-0.39, 0.29) is 11.7 Å². The van der Waals surface area contributed by atoms with Crippen molar-refractivity contribution in [2.24, 2.45) is 0 Å². The van der Waals surface area contributed by atoms with Crippen molar-refractivity contribution >= 4 is 11.4 Å². The summed E-state index contributed by atoms with van der Waals surface area (Å²) in [6, 6.07) is 1.56. The molecular formula is C9H8F2N2O2. The second-order valence-corrected chi connectivity index (χ2v) is 3.46. The van der Waals surface area contributed by atoms with Crippen LogP contribution in [0.25, 0.3) is 0 Å². The van der Waals surface area contributed by atoms with Crippen LogP contribution >= 0.6 is 0 Å². The van der Waals surface area contributed by atoms with E-state index in [2.05, 4.69) is 5.32 Å². The molecule has 0 radical (unpaired) electrons. The summed E-state index contributed by atoms with van der Waals surface area (Å²) in [4.78, 5) is 9.71. The third-order valence-corrected chi connectivity index (χ3v) is 2.15. The Bertz CT molecular complexity index is 419. The van der Waals surface area contributed by atoms with Crippen molar-refractivity contribution in [3.05, 3.63) is 33.9 Å². The molecule has 15 heavy (non-hydrogen) atoms. The van der Waals surface area contributed by atoms with Crippen molar-refractivity contribution < 1.29 is 13.7 Å². The summed E-state index contributed by atoms with van der Waals surface area (Å²) in [6.45, 7) is 0. The van der Waals surface area contributed by atoms with Crippen LogP contribution in [-0.2, 0) is 0 Å². The summed E-state index contributed by atoms with van der Waals surface area (Å²) in [6.07, 6.45) is 1.74. The second-order valence-electron chi connectivity index (χ2n) is 3.46. The van der Waals surface area contributed by atoms with E-state index in [0.717, 1.165) is 18.9 Å². The number of hydrogen-bond donors (Lipinski definition) is 1. The van der Waals surface area contributed by atoms with Gasteiger partial charge in [0.25, 0.3) is 0 Å². The van der Waals surface area contributed by atoms with Gasteiger partial charge in [-0.1, -0.05) is 0 Å². The number of hydrogen-bond acceptors (Lipinski definition) is 3. The topological polar surface area (TPSA) is 55.2 Å². The Morgan fingerprint density at radius 3 is 2.60 bits per heavy atom. The van der Waals surface area contributed by atoms with Crippen LogP contribution in [0.15, 0.2) is 12.1 Å². The maximum absolute atomic E-state index is 13.1. The number of anilines is 1. The van der Waals surface area contributed by atoms with Crippen LogP contribution in [0.1, 0.15) is 12.8 Å². The molecule has 6 heteroatoms. The Hall–Kier alpha value is -1.72. The van der Waals surface area contributed by atoms with Gasteiger partial charge in [0.1, 0.15) is 11.5 Å². The number of benzene rings is 1. The van der Waals surface area contributed by atoms with E-state index < -0.39 is 22.2 Å². The number of nitrogens with one attached hydrogen (secondary N) is 1. The molecule has 0 heterocycles. The Morgan fingerprint density at radius 1 is 1.40 bits per heavy atom. The zero-order chi connectivity index (χ0) is 11.0. The smallest absolute Gasteiger partial charge is 0.327 e. The Balaban J connectivity index is 2.42. The van der Waals surface area contributed by atoms with Crippen LogP contribution in [0.3, 0.4) is 0 Å². The molecule has 0 saturated heterocycles. The summed E-state index contributed by atoms with van der Waals surface area (Å²) in [7, 11) is 0. The summed E-state index contributed by atoms with van der Waals surface area (Å²) in [5, 5.41) is 13.3. The molecule has 0 spiro atoms. The van der Waals surface area contributed by atoms with Crippen molar-refractivity contribution in [3.63, 3.8) is 0 Å². The molecule has 1 fully saturated rings. The van der Waals surface area contributed by atoms with Gasteiger partial charge in [0.15, 0.2) is 0 Å². The van der Waals surface area contributed by atoms with E-state index in [4.69, 9.17) is 0 Å². The van der Waals surface area contributed by atoms with Crippen molar-refractivity contribution in [1.29, 1.82) is 0 Å². The van der Waals surface area contributed by atoms with Crippen LogP contribution in [0.2, 0.25) is 0 Å². The molecule has 1 saturated carbocycles. The third-order valence-electron chi connectivity index (χ3n) is 2.15. The molecule has 0 bridgehead atoms. The fraction of sp³-hybridized carbons (Fsp3) is 0.333. The molecule has 80 valence electrons. The molecule has 1 aromatic carbocycles. The highest BCUT2D eigenvalue weighted by molar-refractivity contribution is 5.63. The van der Waals surface area contributed by atoms with Gasteiger partial charge in [0.2, 0.25) is 5.82 Å². The highest BCUT2D eigenvalue weighted by atomic mass is 19.1. The zero-order valence-corrected chi connectivity index (χ0v) is 7.67. The molecule has 0 aliphatic heterocycles. The molecule has 0 atom stereocenters. The van der Waals surface area contributed by atoms with Crippen LogP contribution in [0.5, 0.6) is 0 Å². The molecule has 1 aromatic rings. The van der Waals surface area contributed by atoms with E-state index in [9.17, 15) is 18.9 Å². The summed E-state index contributed by atoms with van der Waals surface area (Å²) in [5.41, 5.74) is -0.775. The van der Waals surface area contributed by atoms with Gasteiger partial charge in [-0.25, -0.2) is 4.39 Å². The number of nitro groups is 1. The lowest BCUT2D eigenvalue weighted by atomic mass is 10.2. The van der Waals surface area contributed by atoms with Gasteiger partial charge in [-0.2, -0.15) is 4.39 Å². The van der Waals surface area contributed by atoms with E-state index in [1.54, 1.807) is 0 Å². The lowest BCUT2D eigenvalue weighted by Gasteiger charge is -2.05. The predicted molar refractivity (Wildman–Crippen MR) is 49.7 cm³/mol. The van der Waals surface area contributed by atoms with Gasteiger partial charge >= 0.3 is 5.69 Å². The molecule has 1 N–H and O–H groups in total. The first-order valence-electron chi connectivity index (χ1n) is 4.48. The third kappa shape index (κ3) is 2.03. The highest BCUT2D eigenvalue weighted by Crippen LogP contribution is 2.33. The van der Waals surface area contributed by atoms with Gasteiger partial charge in [0, 0.05) is 18.2 Å². The van der Waals surface area contributed by atoms with Gasteiger partial charge in [-0.15, -0.1) is 0 Å². The zero-order valence-electron chi connectivity index (χ0n) is 7.67. The average molecular weight is 214 g/mol. The number of rotatable bonds is 3. The maximum Gasteiger partial charge on any atom is 0.327 e. The van der Waals surface area contributed by atoms with Crippen LogP contribution < -0.4 is 5.32 Å². The normalized spacial score (nSPS) is 15.1. The van der Waals surface area contributed by atoms with Gasteiger partial charge in [0.05, 0.1) is 4.92 Å². The largest absolute Gasteiger partial charge is 0.377 e. The van der Waals surface area contributed by atoms with Crippen molar-refractivity contribution in [2.45, 2.75) is 18.9 Å². The van der Waals surface area contributed by atoms with E-state index in [1.165, 1.54) is 0 Å². The number of nitro benzene ring substituents is 1. The van der Waals surface area contributed by atoms with Crippen molar-refractivity contribution in [2.75, 3.05) is 5.32 Å². The van der Waals surface area contributed by atoms with E-state index in [0.29, 0.717) is 6.07 Å². The molecule has 0 unspecified atom stereocenters. The summed E-state index contributed by atoms with van der Waals surface area (Å²) >= 11 is 0. The Labute approximate surface area is 84.1 Å². The molecular weight excluding hydrogens is 206 g/mol. The molecule has 1 aliphatic carbocycles. The fourth-order valence-corrected chi connectivity index (χ4v) is 1.31. The molecule has 2 rings (SSSR count). The lowest BCUT2D eigenvalue weighted by molar-refractivity contribution is -0.386. The monoisotopic (exact) mass is 214 g/mol. The Kier molecular flexibility index (Phi) is 2.26. The average Bonchev–Trinajstić information content (AvgIpc) is 2.85. The first-order chi connectivity index (χ1) is 7.08.